The monoisotopic (exact) mass is 463 g/mol. The molecule has 3 aromatic heterocycles. The van der Waals surface area contributed by atoms with Gasteiger partial charge < -0.3 is 4.90 Å². The molecule has 1 aliphatic heterocycles. The van der Waals surface area contributed by atoms with Crippen molar-refractivity contribution < 1.29 is 4.79 Å². The lowest BCUT2D eigenvalue weighted by atomic mass is 10.1. The molecule has 162 valence electrons. The Morgan fingerprint density at radius 3 is 2.50 bits per heavy atom. The summed E-state index contributed by atoms with van der Waals surface area (Å²) in [5, 5.41) is 4.75. The first-order chi connectivity index (χ1) is 15.7. The molecule has 0 spiro atoms. The van der Waals surface area contributed by atoms with Crippen molar-refractivity contribution in [1.29, 1.82) is 0 Å². The van der Waals surface area contributed by atoms with Crippen LogP contribution in [0.25, 0.3) is 16.9 Å². The number of para-hydroxylation sites is 1. The van der Waals surface area contributed by atoms with Crippen molar-refractivity contribution in [3.8, 4) is 16.9 Å². The number of thiophene rings is 1. The summed E-state index contributed by atoms with van der Waals surface area (Å²) in [6, 6.07) is 17.6. The number of aromatic nitrogens is 3. The summed E-state index contributed by atoms with van der Waals surface area (Å²) in [7, 11) is 0. The molecular formula is C24H22ClN5OS. The van der Waals surface area contributed by atoms with Crippen LogP contribution in [0.5, 0.6) is 0 Å². The van der Waals surface area contributed by atoms with Crippen LogP contribution in [0.3, 0.4) is 0 Å². The minimum absolute atomic E-state index is 0.00449. The highest BCUT2D eigenvalue weighted by Gasteiger charge is 2.27. The molecule has 5 rings (SSSR count). The molecule has 0 N–H and O–H groups in total. The van der Waals surface area contributed by atoms with Gasteiger partial charge in [-0.25, -0.2) is 4.68 Å². The highest BCUT2D eigenvalue weighted by molar-refractivity contribution is 7.16. The van der Waals surface area contributed by atoms with Gasteiger partial charge in [0.1, 0.15) is 5.69 Å². The first-order valence-electron chi connectivity index (χ1n) is 10.5. The van der Waals surface area contributed by atoms with E-state index in [1.54, 1.807) is 28.4 Å². The molecule has 1 aliphatic rings. The number of rotatable bonds is 5. The van der Waals surface area contributed by atoms with Gasteiger partial charge in [-0.1, -0.05) is 29.8 Å². The Bertz CT molecular complexity index is 1200. The van der Waals surface area contributed by atoms with E-state index < -0.39 is 0 Å². The van der Waals surface area contributed by atoms with E-state index in [2.05, 4.69) is 16.0 Å². The fourth-order valence-corrected chi connectivity index (χ4v) is 5.03. The second-order valence-corrected chi connectivity index (χ2v) is 9.49. The molecule has 32 heavy (non-hydrogen) atoms. The SMILES string of the molecule is O=C(c1cn(-c2ccccc2)nc1-c1cccnc1)N1CCN(Cc2ccc(Cl)s2)CC1. The van der Waals surface area contributed by atoms with Crippen molar-refractivity contribution in [2.24, 2.45) is 0 Å². The van der Waals surface area contributed by atoms with Gasteiger partial charge in [0.15, 0.2) is 0 Å². The standard InChI is InChI=1S/C24H22ClN5OS/c25-22-9-8-20(32-22)16-28-11-13-29(14-12-28)24(31)21-17-30(19-6-2-1-3-7-19)27-23(21)18-5-4-10-26-15-18/h1-10,15,17H,11-14,16H2. The number of nitrogens with zero attached hydrogens (tertiary/aromatic N) is 5. The fraction of sp³-hybridized carbons (Fsp3) is 0.208. The van der Waals surface area contributed by atoms with Gasteiger partial charge in [-0.15, -0.1) is 11.3 Å². The molecule has 0 aliphatic carbocycles. The predicted octanol–water partition coefficient (Wildman–Crippen LogP) is 4.61. The summed E-state index contributed by atoms with van der Waals surface area (Å²) < 4.78 is 2.58. The Morgan fingerprint density at radius 1 is 1.00 bits per heavy atom. The molecule has 1 saturated heterocycles. The Balaban J connectivity index is 1.36. The quantitative estimate of drug-likeness (QED) is 0.434. The summed E-state index contributed by atoms with van der Waals surface area (Å²) in [4.78, 5) is 23.3. The molecule has 0 unspecified atom stereocenters. The summed E-state index contributed by atoms with van der Waals surface area (Å²) in [6.07, 6.45) is 5.30. The maximum absolute atomic E-state index is 13.5. The Morgan fingerprint density at radius 2 is 1.81 bits per heavy atom. The van der Waals surface area contributed by atoms with E-state index in [0.717, 1.165) is 35.2 Å². The van der Waals surface area contributed by atoms with Crippen molar-refractivity contribution in [2.75, 3.05) is 26.2 Å². The minimum Gasteiger partial charge on any atom is -0.336 e. The molecule has 4 heterocycles. The van der Waals surface area contributed by atoms with E-state index >= 15 is 0 Å². The summed E-state index contributed by atoms with van der Waals surface area (Å²) in [5.74, 6) is 0.00449. The number of halogens is 1. The third kappa shape index (κ3) is 4.46. The summed E-state index contributed by atoms with van der Waals surface area (Å²) >= 11 is 7.67. The summed E-state index contributed by atoms with van der Waals surface area (Å²) in [6.45, 7) is 3.89. The van der Waals surface area contributed by atoms with Gasteiger partial charge in [-0.05, 0) is 36.4 Å². The maximum atomic E-state index is 13.5. The second-order valence-electron chi connectivity index (χ2n) is 7.69. The zero-order valence-corrected chi connectivity index (χ0v) is 19.0. The van der Waals surface area contributed by atoms with Gasteiger partial charge >= 0.3 is 0 Å². The van der Waals surface area contributed by atoms with Crippen molar-refractivity contribution in [2.45, 2.75) is 6.54 Å². The van der Waals surface area contributed by atoms with Gasteiger partial charge in [0.25, 0.3) is 5.91 Å². The van der Waals surface area contributed by atoms with Gasteiger partial charge in [0.2, 0.25) is 0 Å². The zero-order chi connectivity index (χ0) is 21.9. The number of hydrogen-bond donors (Lipinski definition) is 0. The van der Waals surface area contributed by atoms with Crippen LogP contribution < -0.4 is 0 Å². The van der Waals surface area contributed by atoms with E-state index in [-0.39, 0.29) is 5.91 Å². The average molecular weight is 464 g/mol. The van der Waals surface area contributed by atoms with Gasteiger partial charge in [0.05, 0.1) is 15.6 Å². The number of carbonyl (C=O) groups is 1. The van der Waals surface area contributed by atoms with Crippen LogP contribution in [0, 0.1) is 0 Å². The Hall–Kier alpha value is -3.00. The van der Waals surface area contributed by atoms with E-state index in [0.29, 0.717) is 24.3 Å². The molecule has 0 saturated carbocycles. The number of carbonyl (C=O) groups excluding carboxylic acids is 1. The maximum Gasteiger partial charge on any atom is 0.257 e. The van der Waals surface area contributed by atoms with Crippen LogP contribution in [-0.4, -0.2) is 56.7 Å². The highest BCUT2D eigenvalue weighted by Crippen LogP contribution is 2.26. The molecule has 4 aromatic rings. The smallest absolute Gasteiger partial charge is 0.257 e. The van der Waals surface area contributed by atoms with Gasteiger partial charge in [-0.3, -0.25) is 14.7 Å². The van der Waals surface area contributed by atoms with Crippen LogP contribution in [0.1, 0.15) is 15.2 Å². The molecule has 0 atom stereocenters. The lowest BCUT2D eigenvalue weighted by molar-refractivity contribution is 0.0630. The number of piperazine rings is 1. The lowest BCUT2D eigenvalue weighted by Crippen LogP contribution is -2.48. The predicted molar refractivity (Wildman–Crippen MR) is 127 cm³/mol. The first-order valence-corrected chi connectivity index (χ1v) is 11.7. The van der Waals surface area contributed by atoms with Crippen LogP contribution >= 0.6 is 22.9 Å². The number of amides is 1. The summed E-state index contributed by atoms with van der Waals surface area (Å²) in [5.41, 5.74) is 3.00. The van der Waals surface area contributed by atoms with E-state index in [9.17, 15) is 4.79 Å². The van der Waals surface area contributed by atoms with Gasteiger partial charge in [-0.2, -0.15) is 5.10 Å². The zero-order valence-electron chi connectivity index (χ0n) is 17.4. The van der Waals surface area contributed by atoms with Crippen LogP contribution in [0.15, 0.2) is 73.2 Å². The first kappa shape index (κ1) is 20.9. The normalized spacial score (nSPS) is 14.6. The Labute approximate surface area is 195 Å². The van der Waals surface area contributed by atoms with E-state index in [1.165, 1.54) is 4.88 Å². The van der Waals surface area contributed by atoms with Crippen LogP contribution in [0.4, 0.5) is 0 Å². The third-order valence-electron chi connectivity index (χ3n) is 5.57. The molecule has 8 heteroatoms. The number of pyridine rings is 1. The molecular weight excluding hydrogens is 442 g/mol. The topological polar surface area (TPSA) is 54.3 Å². The van der Waals surface area contributed by atoms with Crippen molar-refractivity contribution in [3.63, 3.8) is 0 Å². The van der Waals surface area contributed by atoms with E-state index in [4.69, 9.17) is 16.7 Å². The molecule has 0 bridgehead atoms. The van der Waals surface area contributed by atoms with Gasteiger partial charge in [0, 0.05) is 61.8 Å². The third-order valence-corrected chi connectivity index (χ3v) is 6.78. The number of benzene rings is 1. The number of hydrogen-bond acceptors (Lipinski definition) is 5. The van der Waals surface area contributed by atoms with Crippen molar-refractivity contribution >= 4 is 28.8 Å². The second kappa shape index (κ2) is 9.24. The largest absolute Gasteiger partial charge is 0.336 e. The van der Waals surface area contributed by atoms with Crippen LogP contribution in [0.2, 0.25) is 4.34 Å². The molecule has 1 fully saturated rings. The molecule has 0 radical (unpaired) electrons. The molecule has 1 amide bonds. The van der Waals surface area contributed by atoms with Crippen molar-refractivity contribution in [3.05, 3.63) is 88.0 Å². The average Bonchev–Trinajstić information content (AvgIpc) is 3.47. The minimum atomic E-state index is 0.00449. The Kier molecular flexibility index (Phi) is 6.03. The van der Waals surface area contributed by atoms with E-state index in [1.807, 2.05) is 59.6 Å². The lowest BCUT2D eigenvalue weighted by Gasteiger charge is -2.34. The molecule has 1 aromatic carbocycles. The van der Waals surface area contributed by atoms with Crippen molar-refractivity contribution in [1.82, 2.24) is 24.6 Å². The van der Waals surface area contributed by atoms with Crippen LogP contribution in [-0.2, 0) is 6.54 Å². The molecule has 6 nitrogen and oxygen atoms in total. The highest BCUT2D eigenvalue weighted by atomic mass is 35.5. The fourth-order valence-electron chi connectivity index (χ4n) is 3.90.